The molecule has 1 saturated carbocycles. The standard InChI is InChI=1S/C14H13FN2O2S/c15-10-3-1-2-4-12(10)17-13(20-8-14(18)19)7-11(16-17)9-5-6-9/h1-4,7,9H,5-6,8H2,(H,18,19). The molecular formula is C14H13FN2O2S. The number of halogens is 1. The van der Waals surface area contributed by atoms with Crippen LogP contribution in [-0.2, 0) is 4.79 Å². The van der Waals surface area contributed by atoms with E-state index in [9.17, 15) is 9.18 Å². The minimum Gasteiger partial charge on any atom is -0.481 e. The summed E-state index contributed by atoms with van der Waals surface area (Å²) in [5.74, 6) is -0.892. The fraction of sp³-hybridized carbons (Fsp3) is 0.286. The molecular weight excluding hydrogens is 279 g/mol. The number of aromatic nitrogens is 2. The van der Waals surface area contributed by atoms with Gasteiger partial charge >= 0.3 is 5.97 Å². The summed E-state index contributed by atoms with van der Waals surface area (Å²) in [4.78, 5) is 10.7. The number of carboxylic acids is 1. The molecule has 0 unspecified atom stereocenters. The van der Waals surface area contributed by atoms with Gasteiger partial charge < -0.3 is 5.11 Å². The van der Waals surface area contributed by atoms with E-state index in [0.29, 0.717) is 16.6 Å². The molecule has 0 radical (unpaired) electrons. The molecule has 104 valence electrons. The lowest BCUT2D eigenvalue weighted by Crippen LogP contribution is -2.04. The normalized spacial score (nSPS) is 14.4. The van der Waals surface area contributed by atoms with Crippen molar-refractivity contribution in [3.63, 3.8) is 0 Å². The van der Waals surface area contributed by atoms with Crippen molar-refractivity contribution in [1.82, 2.24) is 9.78 Å². The van der Waals surface area contributed by atoms with Crippen LogP contribution >= 0.6 is 11.8 Å². The number of carboxylic acid groups (broad SMARTS) is 1. The zero-order valence-corrected chi connectivity index (χ0v) is 11.4. The SMILES string of the molecule is O=C(O)CSc1cc(C2CC2)nn1-c1ccccc1F. The summed E-state index contributed by atoms with van der Waals surface area (Å²) in [5.41, 5.74) is 1.27. The Labute approximate surface area is 119 Å². The maximum atomic E-state index is 13.9. The molecule has 1 heterocycles. The number of hydrogen-bond acceptors (Lipinski definition) is 3. The Morgan fingerprint density at radius 2 is 2.20 bits per heavy atom. The van der Waals surface area contributed by atoms with Crippen LogP contribution in [0, 0.1) is 5.82 Å². The summed E-state index contributed by atoms with van der Waals surface area (Å²) >= 11 is 1.16. The Morgan fingerprint density at radius 1 is 1.45 bits per heavy atom. The van der Waals surface area contributed by atoms with Crippen molar-refractivity contribution >= 4 is 17.7 Å². The van der Waals surface area contributed by atoms with Crippen molar-refractivity contribution in [1.29, 1.82) is 0 Å². The zero-order valence-electron chi connectivity index (χ0n) is 10.6. The van der Waals surface area contributed by atoms with Crippen LogP contribution in [0.4, 0.5) is 4.39 Å². The van der Waals surface area contributed by atoms with Gasteiger partial charge in [-0.3, -0.25) is 4.79 Å². The van der Waals surface area contributed by atoms with Crippen molar-refractivity contribution in [2.45, 2.75) is 23.8 Å². The van der Waals surface area contributed by atoms with Gasteiger partial charge in [0.2, 0.25) is 0 Å². The van der Waals surface area contributed by atoms with Crippen molar-refractivity contribution < 1.29 is 14.3 Å². The van der Waals surface area contributed by atoms with Gasteiger partial charge in [0.25, 0.3) is 0 Å². The molecule has 2 aromatic rings. The van der Waals surface area contributed by atoms with Gasteiger partial charge in [-0.1, -0.05) is 23.9 Å². The average molecular weight is 292 g/mol. The van der Waals surface area contributed by atoms with Gasteiger partial charge in [0, 0.05) is 5.92 Å². The van der Waals surface area contributed by atoms with Crippen LogP contribution in [0.1, 0.15) is 24.5 Å². The van der Waals surface area contributed by atoms with E-state index in [-0.39, 0.29) is 11.6 Å². The number of rotatable bonds is 5. The highest BCUT2D eigenvalue weighted by Gasteiger charge is 2.28. The smallest absolute Gasteiger partial charge is 0.313 e. The second kappa shape index (κ2) is 5.28. The first-order chi connectivity index (χ1) is 9.65. The molecule has 4 nitrogen and oxygen atoms in total. The van der Waals surface area contributed by atoms with Gasteiger partial charge in [0.1, 0.15) is 16.5 Å². The first kappa shape index (κ1) is 13.2. The van der Waals surface area contributed by atoms with Crippen LogP contribution in [-0.4, -0.2) is 26.6 Å². The summed E-state index contributed by atoms with van der Waals surface area (Å²) in [6.45, 7) is 0. The summed E-state index contributed by atoms with van der Waals surface area (Å²) in [7, 11) is 0. The number of benzene rings is 1. The molecule has 1 aliphatic carbocycles. The van der Waals surface area contributed by atoms with E-state index >= 15 is 0 Å². The van der Waals surface area contributed by atoms with Gasteiger partial charge in [0.05, 0.1) is 11.4 Å². The fourth-order valence-corrected chi connectivity index (χ4v) is 2.73. The second-order valence-corrected chi connectivity index (χ2v) is 5.72. The predicted octanol–water partition coefficient (Wildman–Crippen LogP) is 3.07. The lowest BCUT2D eigenvalue weighted by molar-refractivity contribution is -0.133. The number of nitrogens with zero attached hydrogens (tertiary/aromatic N) is 2. The molecule has 1 fully saturated rings. The minimum absolute atomic E-state index is 0.0652. The first-order valence-electron chi connectivity index (χ1n) is 6.34. The Morgan fingerprint density at radius 3 is 2.85 bits per heavy atom. The van der Waals surface area contributed by atoms with Gasteiger partial charge in [-0.2, -0.15) is 5.10 Å². The molecule has 1 N–H and O–H groups in total. The number of hydrogen-bond donors (Lipinski definition) is 1. The average Bonchev–Trinajstić information content (AvgIpc) is 3.18. The van der Waals surface area contributed by atoms with E-state index < -0.39 is 5.97 Å². The molecule has 0 aliphatic heterocycles. The highest BCUT2D eigenvalue weighted by atomic mass is 32.2. The summed E-state index contributed by atoms with van der Waals surface area (Å²) in [5, 5.41) is 13.9. The predicted molar refractivity (Wildman–Crippen MR) is 73.9 cm³/mol. The lowest BCUT2D eigenvalue weighted by Gasteiger charge is -2.06. The molecule has 20 heavy (non-hydrogen) atoms. The van der Waals surface area contributed by atoms with Crippen molar-refractivity contribution in [3.05, 3.63) is 41.8 Å². The second-order valence-electron chi connectivity index (χ2n) is 4.73. The largest absolute Gasteiger partial charge is 0.481 e. The van der Waals surface area contributed by atoms with Gasteiger partial charge in [-0.05, 0) is 31.0 Å². The van der Waals surface area contributed by atoms with E-state index in [2.05, 4.69) is 5.10 Å². The third-order valence-corrected chi connectivity index (χ3v) is 4.09. The maximum absolute atomic E-state index is 13.9. The Kier molecular flexibility index (Phi) is 3.48. The number of aliphatic carboxylic acids is 1. The molecule has 0 spiro atoms. The van der Waals surface area contributed by atoms with Crippen LogP contribution in [0.25, 0.3) is 5.69 Å². The fourth-order valence-electron chi connectivity index (χ4n) is 1.99. The third-order valence-electron chi connectivity index (χ3n) is 3.12. The Hall–Kier alpha value is -1.82. The summed E-state index contributed by atoms with van der Waals surface area (Å²) in [6, 6.07) is 8.25. The van der Waals surface area contributed by atoms with Crippen LogP contribution in [0.2, 0.25) is 0 Å². The van der Waals surface area contributed by atoms with Crippen molar-refractivity contribution in [2.24, 2.45) is 0 Å². The zero-order chi connectivity index (χ0) is 14.1. The van der Waals surface area contributed by atoms with Crippen molar-refractivity contribution in [3.8, 4) is 5.69 Å². The number of thioether (sulfide) groups is 1. The third kappa shape index (κ3) is 2.70. The topological polar surface area (TPSA) is 55.1 Å². The highest BCUT2D eigenvalue weighted by Crippen LogP contribution is 2.41. The van der Waals surface area contributed by atoms with E-state index in [1.807, 2.05) is 6.07 Å². The molecule has 0 atom stereocenters. The van der Waals surface area contributed by atoms with Crippen LogP contribution < -0.4 is 0 Å². The van der Waals surface area contributed by atoms with E-state index in [4.69, 9.17) is 5.11 Å². The first-order valence-corrected chi connectivity index (χ1v) is 7.33. The van der Waals surface area contributed by atoms with Gasteiger partial charge in [0.15, 0.2) is 0 Å². The Bertz CT molecular complexity index is 652. The number of carbonyl (C=O) groups is 1. The Balaban J connectivity index is 1.99. The number of para-hydroxylation sites is 1. The van der Waals surface area contributed by atoms with Gasteiger partial charge in [-0.25, -0.2) is 9.07 Å². The van der Waals surface area contributed by atoms with Crippen LogP contribution in [0.5, 0.6) is 0 Å². The van der Waals surface area contributed by atoms with E-state index in [0.717, 1.165) is 30.3 Å². The maximum Gasteiger partial charge on any atom is 0.313 e. The molecule has 1 aromatic carbocycles. The quantitative estimate of drug-likeness (QED) is 0.861. The highest BCUT2D eigenvalue weighted by molar-refractivity contribution is 7.99. The van der Waals surface area contributed by atoms with Gasteiger partial charge in [-0.15, -0.1) is 0 Å². The van der Waals surface area contributed by atoms with E-state index in [1.165, 1.54) is 10.7 Å². The molecule has 1 aliphatic rings. The lowest BCUT2D eigenvalue weighted by atomic mass is 10.3. The monoisotopic (exact) mass is 292 g/mol. The molecule has 3 rings (SSSR count). The van der Waals surface area contributed by atoms with E-state index in [1.54, 1.807) is 18.2 Å². The molecule has 0 saturated heterocycles. The van der Waals surface area contributed by atoms with Crippen LogP contribution in [0.15, 0.2) is 35.4 Å². The minimum atomic E-state index is -0.899. The summed E-state index contributed by atoms with van der Waals surface area (Å²) in [6.07, 6.45) is 2.19. The molecule has 1 aromatic heterocycles. The molecule has 0 amide bonds. The van der Waals surface area contributed by atoms with Crippen LogP contribution in [0.3, 0.4) is 0 Å². The molecule has 0 bridgehead atoms. The molecule has 6 heteroatoms. The van der Waals surface area contributed by atoms with Crippen molar-refractivity contribution in [2.75, 3.05) is 5.75 Å². The summed E-state index contributed by atoms with van der Waals surface area (Å²) < 4.78 is 15.4.